The predicted molar refractivity (Wildman–Crippen MR) is 87.2 cm³/mol. The molecule has 9 heteroatoms. The van der Waals surface area contributed by atoms with Crippen molar-refractivity contribution in [2.24, 2.45) is 0 Å². The molecule has 24 heavy (non-hydrogen) atoms. The Balaban J connectivity index is 2.23. The molecule has 0 spiro atoms. The Labute approximate surface area is 138 Å². The fourth-order valence-electron chi connectivity index (χ4n) is 2.14. The Hall–Kier alpha value is -2.55. The molecule has 0 unspecified atom stereocenters. The Kier molecular flexibility index (Phi) is 5.45. The summed E-state index contributed by atoms with van der Waals surface area (Å²) in [5.74, 6) is 0.618. The van der Waals surface area contributed by atoms with E-state index in [2.05, 4.69) is 4.98 Å². The van der Waals surface area contributed by atoms with E-state index in [0.29, 0.717) is 10.5 Å². The van der Waals surface area contributed by atoms with Gasteiger partial charge in [-0.05, 0) is 18.6 Å². The minimum absolute atomic E-state index is 0.0268. The molecule has 0 saturated heterocycles. The highest BCUT2D eigenvalue weighted by Gasteiger charge is 2.23. The molecular weight excluding hydrogens is 336 g/mol. The van der Waals surface area contributed by atoms with E-state index in [-0.39, 0.29) is 25.2 Å². The molecule has 8 nitrogen and oxygen atoms in total. The maximum atomic E-state index is 12.0. The Morgan fingerprint density at radius 1 is 1.12 bits per heavy atom. The van der Waals surface area contributed by atoms with Gasteiger partial charge >= 0.3 is 5.69 Å². The summed E-state index contributed by atoms with van der Waals surface area (Å²) in [6, 6.07) is 8.95. The molecule has 130 valence electrons. The average molecular weight is 354 g/mol. The van der Waals surface area contributed by atoms with Crippen LogP contribution in [0.5, 0.6) is 5.75 Å². The number of benzene rings is 1. The van der Waals surface area contributed by atoms with Crippen molar-refractivity contribution in [3.8, 4) is 5.75 Å². The van der Waals surface area contributed by atoms with Gasteiger partial charge < -0.3 is 9.57 Å². The second-order valence-electron chi connectivity index (χ2n) is 4.96. The van der Waals surface area contributed by atoms with Gasteiger partial charge in [-0.1, -0.05) is 25.1 Å². The van der Waals surface area contributed by atoms with E-state index in [1.54, 1.807) is 31.2 Å². The lowest BCUT2D eigenvalue weighted by Gasteiger charge is -2.14. The van der Waals surface area contributed by atoms with E-state index in [9.17, 15) is 18.0 Å². The molecule has 1 aromatic carbocycles. The van der Waals surface area contributed by atoms with Crippen molar-refractivity contribution in [3.05, 3.63) is 56.7 Å². The molecule has 0 bridgehead atoms. The summed E-state index contributed by atoms with van der Waals surface area (Å²) in [7, 11) is -3.83. The third-order valence-electron chi connectivity index (χ3n) is 3.14. The summed E-state index contributed by atoms with van der Waals surface area (Å²) in [5, 5.41) is -0.432. The lowest BCUT2D eigenvalue weighted by Crippen LogP contribution is -2.40. The van der Waals surface area contributed by atoms with Crippen LogP contribution >= 0.6 is 0 Å². The standard InChI is InChI=1S/C15H18N2O6S/c1-3-12-13(18)16-15(19)17(14(12)24(2,20)21)23-10-9-22-11-7-5-4-6-8-11/h4-8H,3,9-10H2,1-2H3,(H,16,18,19). The van der Waals surface area contributed by atoms with E-state index < -0.39 is 26.1 Å². The molecule has 1 N–H and O–H groups in total. The van der Waals surface area contributed by atoms with E-state index in [1.807, 2.05) is 6.07 Å². The summed E-state index contributed by atoms with van der Waals surface area (Å²) < 4.78 is 29.9. The normalized spacial score (nSPS) is 11.2. The van der Waals surface area contributed by atoms with Gasteiger partial charge in [0.15, 0.2) is 14.9 Å². The Bertz CT molecular complexity index is 915. The second kappa shape index (κ2) is 7.35. The van der Waals surface area contributed by atoms with Crippen LogP contribution in [0.25, 0.3) is 0 Å². The number of sulfone groups is 1. The van der Waals surface area contributed by atoms with Crippen molar-refractivity contribution >= 4 is 9.84 Å². The van der Waals surface area contributed by atoms with Gasteiger partial charge in [-0.2, -0.15) is 0 Å². The van der Waals surface area contributed by atoms with Crippen LogP contribution < -0.4 is 20.8 Å². The van der Waals surface area contributed by atoms with Gasteiger partial charge in [0.05, 0.1) is 5.56 Å². The third kappa shape index (κ3) is 4.05. The number of hydrogen-bond acceptors (Lipinski definition) is 6. The highest BCUT2D eigenvalue weighted by Crippen LogP contribution is 2.10. The molecule has 0 aliphatic rings. The van der Waals surface area contributed by atoms with Crippen LogP contribution in [0.2, 0.25) is 0 Å². The van der Waals surface area contributed by atoms with Gasteiger partial charge in [0.25, 0.3) is 5.56 Å². The van der Waals surface area contributed by atoms with Crippen molar-refractivity contribution in [2.45, 2.75) is 18.4 Å². The molecule has 0 aliphatic heterocycles. The summed E-state index contributed by atoms with van der Waals surface area (Å²) in [5.41, 5.74) is -1.71. The van der Waals surface area contributed by atoms with Crippen LogP contribution in [0.1, 0.15) is 12.5 Å². The van der Waals surface area contributed by atoms with Crippen molar-refractivity contribution in [2.75, 3.05) is 19.5 Å². The maximum Gasteiger partial charge on any atom is 0.362 e. The first-order valence-corrected chi connectivity index (χ1v) is 9.13. The highest BCUT2D eigenvalue weighted by molar-refractivity contribution is 7.90. The number of aromatic amines is 1. The van der Waals surface area contributed by atoms with Crippen molar-refractivity contribution in [3.63, 3.8) is 0 Å². The third-order valence-corrected chi connectivity index (χ3v) is 4.26. The minimum atomic E-state index is -3.83. The molecule has 0 amide bonds. The maximum absolute atomic E-state index is 12.0. The topological polar surface area (TPSA) is 107 Å². The van der Waals surface area contributed by atoms with Crippen LogP contribution in [0.3, 0.4) is 0 Å². The van der Waals surface area contributed by atoms with E-state index in [1.165, 1.54) is 0 Å². The van der Waals surface area contributed by atoms with Gasteiger partial charge in [-0.15, -0.1) is 4.73 Å². The predicted octanol–water partition coefficient (Wildman–Crippen LogP) is 0.0101. The number of aromatic nitrogens is 2. The zero-order valence-electron chi connectivity index (χ0n) is 13.3. The molecule has 2 aromatic rings. The first-order valence-electron chi connectivity index (χ1n) is 7.24. The molecule has 0 atom stereocenters. The number of ether oxygens (including phenoxy) is 1. The summed E-state index contributed by atoms with van der Waals surface area (Å²) in [6.07, 6.45) is 1.06. The largest absolute Gasteiger partial charge is 0.490 e. The monoisotopic (exact) mass is 354 g/mol. The fourth-order valence-corrected chi connectivity index (χ4v) is 3.26. The zero-order chi connectivity index (χ0) is 17.7. The first-order chi connectivity index (χ1) is 11.3. The number of rotatable bonds is 7. The lowest BCUT2D eigenvalue weighted by atomic mass is 10.3. The van der Waals surface area contributed by atoms with Gasteiger partial charge in [0, 0.05) is 6.26 Å². The number of para-hydroxylation sites is 1. The molecule has 0 aliphatic carbocycles. The van der Waals surface area contributed by atoms with Gasteiger partial charge in [0.2, 0.25) is 0 Å². The number of hydrogen-bond donors (Lipinski definition) is 1. The highest BCUT2D eigenvalue weighted by atomic mass is 32.2. The summed E-state index contributed by atoms with van der Waals surface area (Å²) in [6.45, 7) is 1.64. The lowest BCUT2D eigenvalue weighted by molar-refractivity contribution is 0.0555. The minimum Gasteiger partial charge on any atom is -0.490 e. The average Bonchev–Trinajstić information content (AvgIpc) is 2.52. The van der Waals surface area contributed by atoms with E-state index >= 15 is 0 Å². The van der Waals surface area contributed by atoms with Gasteiger partial charge in [-0.3, -0.25) is 9.78 Å². The van der Waals surface area contributed by atoms with Crippen LogP contribution in [0.15, 0.2) is 44.9 Å². The number of H-pyrrole nitrogens is 1. The Morgan fingerprint density at radius 3 is 2.38 bits per heavy atom. The van der Waals surface area contributed by atoms with E-state index in [4.69, 9.17) is 9.57 Å². The SMILES string of the molecule is CCc1c(S(C)(=O)=O)n(OCCOc2ccccc2)c(=O)[nH]c1=O. The Morgan fingerprint density at radius 2 is 1.79 bits per heavy atom. The molecule has 0 radical (unpaired) electrons. The molecule has 1 aromatic heterocycles. The summed E-state index contributed by atoms with van der Waals surface area (Å²) >= 11 is 0. The zero-order valence-corrected chi connectivity index (χ0v) is 14.1. The smallest absolute Gasteiger partial charge is 0.362 e. The van der Waals surface area contributed by atoms with E-state index in [0.717, 1.165) is 6.26 Å². The van der Waals surface area contributed by atoms with Gasteiger partial charge in [0.1, 0.15) is 19.0 Å². The van der Waals surface area contributed by atoms with Crippen molar-refractivity contribution in [1.82, 2.24) is 9.71 Å². The second-order valence-corrected chi connectivity index (χ2v) is 6.89. The molecule has 2 rings (SSSR count). The molecule has 0 saturated carbocycles. The van der Waals surface area contributed by atoms with Crippen LogP contribution in [0.4, 0.5) is 0 Å². The molecule has 1 heterocycles. The summed E-state index contributed by atoms with van der Waals surface area (Å²) in [4.78, 5) is 31.0. The van der Waals surface area contributed by atoms with Crippen LogP contribution in [-0.2, 0) is 16.3 Å². The van der Waals surface area contributed by atoms with Crippen LogP contribution in [-0.4, -0.2) is 37.6 Å². The van der Waals surface area contributed by atoms with Crippen molar-refractivity contribution < 1.29 is 18.0 Å². The molecular formula is C15H18N2O6S. The molecule has 0 fully saturated rings. The van der Waals surface area contributed by atoms with Crippen molar-refractivity contribution in [1.29, 1.82) is 0 Å². The fraction of sp³-hybridized carbons (Fsp3) is 0.333. The number of nitrogens with one attached hydrogen (secondary N) is 1. The number of nitrogens with zero attached hydrogens (tertiary/aromatic N) is 1. The van der Waals surface area contributed by atoms with Gasteiger partial charge in [-0.25, -0.2) is 13.2 Å². The quantitative estimate of drug-likeness (QED) is 0.554. The van der Waals surface area contributed by atoms with Crippen LogP contribution in [0, 0.1) is 0 Å². The first kappa shape index (κ1) is 17.8.